The quantitative estimate of drug-likeness (QED) is 0.200. The maximum Gasteiger partial charge on any atom is 0.255 e. The Hall–Kier alpha value is -3.22. The number of nitrogens with one attached hydrogen (secondary N) is 2. The summed E-state index contributed by atoms with van der Waals surface area (Å²) >= 11 is 1.50. The number of piperidine rings is 1. The number of rotatable bonds is 11. The molecule has 0 aliphatic carbocycles. The van der Waals surface area contributed by atoms with E-state index >= 15 is 0 Å². The molecule has 1 aromatic heterocycles. The van der Waals surface area contributed by atoms with Gasteiger partial charge in [0.1, 0.15) is 22.4 Å². The Bertz CT molecular complexity index is 1620. The number of amides is 1. The Kier molecular flexibility index (Phi) is 10.3. The topological polar surface area (TPSA) is 119 Å². The number of nitrogens with zero attached hydrogens (tertiary/aromatic N) is 3. The number of hydrogen-bond acceptors (Lipinski definition) is 8. The van der Waals surface area contributed by atoms with Crippen LogP contribution in [0, 0.1) is 17.1 Å². The van der Waals surface area contributed by atoms with Crippen LogP contribution < -0.4 is 9.62 Å². The number of aliphatic imine (C=N–C) groups is 1. The predicted molar refractivity (Wildman–Crippen MR) is 175 cm³/mol. The van der Waals surface area contributed by atoms with Crippen molar-refractivity contribution in [1.29, 1.82) is 5.41 Å². The second-order valence-electron chi connectivity index (χ2n) is 11.2. The van der Waals surface area contributed by atoms with Crippen LogP contribution in [0.15, 0.2) is 45.8 Å². The van der Waals surface area contributed by atoms with Gasteiger partial charge >= 0.3 is 0 Å². The van der Waals surface area contributed by atoms with Crippen molar-refractivity contribution in [3.8, 4) is 11.3 Å². The molecule has 2 aromatic carbocycles. The van der Waals surface area contributed by atoms with Crippen molar-refractivity contribution in [1.82, 2.24) is 9.62 Å². The van der Waals surface area contributed by atoms with Crippen LogP contribution in [-0.2, 0) is 10.0 Å². The van der Waals surface area contributed by atoms with Gasteiger partial charge < -0.3 is 19.4 Å². The first kappa shape index (κ1) is 32.7. The molecule has 0 bridgehead atoms. The van der Waals surface area contributed by atoms with Crippen molar-refractivity contribution >= 4 is 56.5 Å². The summed E-state index contributed by atoms with van der Waals surface area (Å²) in [6.45, 7) is 6.60. The normalized spacial score (nSPS) is 17.1. The molecule has 0 radical (unpaired) electrons. The number of sulfonamides is 1. The van der Waals surface area contributed by atoms with Crippen LogP contribution >= 0.6 is 11.9 Å². The van der Waals surface area contributed by atoms with E-state index in [-0.39, 0.29) is 30.0 Å². The molecular formula is C31H40FN5O4S2. The zero-order chi connectivity index (χ0) is 31.5. The number of carbonyl (C=O) groups excluding carboxylic acids is 1. The highest BCUT2D eigenvalue weighted by atomic mass is 32.2. The van der Waals surface area contributed by atoms with Crippen LogP contribution in [-0.4, -0.2) is 75.8 Å². The van der Waals surface area contributed by atoms with Crippen molar-refractivity contribution in [3.63, 3.8) is 0 Å². The lowest BCUT2D eigenvalue weighted by Gasteiger charge is -2.35. The SMILES string of the molecule is CNC(=O)c1c(-c2ccc(F)cc2)oc2cc(N(C)SC)c(C3CCCN(S(=O)(=O)C(C=NCC(C)C)C(C)=N)C3)cc12. The van der Waals surface area contributed by atoms with Gasteiger partial charge in [0, 0.05) is 68.9 Å². The Morgan fingerprint density at radius 1 is 1.30 bits per heavy atom. The molecule has 9 nitrogen and oxygen atoms in total. The van der Waals surface area contributed by atoms with E-state index in [1.54, 1.807) is 19.2 Å². The van der Waals surface area contributed by atoms with Gasteiger partial charge in [0.25, 0.3) is 5.91 Å². The van der Waals surface area contributed by atoms with E-state index in [0.717, 1.165) is 17.7 Å². The Balaban J connectivity index is 1.81. The molecule has 1 fully saturated rings. The third-order valence-corrected chi connectivity index (χ3v) is 10.6. The summed E-state index contributed by atoms with van der Waals surface area (Å²) in [7, 11) is -0.407. The number of fused-ring (bicyclic) bond motifs is 1. The minimum atomic E-state index is -3.88. The Labute approximate surface area is 257 Å². The van der Waals surface area contributed by atoms with E-state index < -0.39 is 21.1 Å². The monoisotopic (exact) mass is 629 g/mol. The molecule has 2 heterocycles. The average Bonchev–Trinajstić information content (AvgIpc) is 3.36. The fraction of sp³-hybridized carbons (Fsp3) is 0.452. The number of carbonyl (C=O) groups is 1. The highest BCUT2D eigenvalue weighted by Gasteiger charge is 2.37. The third kappa shape index (κ3) is 6.97. The number of anilines is 1. The lowest BCUT2D eigenvalue weighted by Crippen LogP contribution is -2.46. The number of halogens is 1. The molecule has 3 aromatic rings. The second-order valence-corrected chi connectivity index (χ2v) is 14.2. The largest absolute Gasteiger partial charge is 0.455 e. The summed E-state index contributed by atoms with van der Waals surface area (Å²) in [6.07, 6.45) is 4.74. The van der Waals surface area contributed by atoms with Gasteiger partial charge in [-0.05, 0) is 67.5 Å². The van der Waals surface area contributed by atoms with Crippen molar-refractivity contribution in [2.45, 2.75) is 44.8 Å². The first-order valence-electron chi connectivity index (χ1n) is 14.3. The van der Waals surface area contributed by atoms with E-state index in [4.69, 9.17) is 9.83 Å². The zero-order valence-corrected chi connectivity index (χ0v) is 27.1. The van der Waals surface area contributed by atoms with Gasteiger partial charge in [-0.3, -0.25) is 9.79 Å². The van der Waals surface area contributed by atoms with Crippen LogP contribution in [0.1, 0.15) is 55.5 Å². The molecule has 1 aliphatic rings. The standard InChI is InChI=1S/C31H40FN5O4S2/c1-19(2)16-35-17-28(20(3)33)43(39,40)37-13-7-8-22(18-37)24-14-25-27(15-26(24)36(5)42-6)41-30(29(25)31(38)34-4)21-9-11-23(32)12-10-21/h9-12,14-15,17,19,22,28,33H,7-8,13,16,18H2,1-6H3,(H,34,38). The van der Waals surface area contributed by atoms with E-state index in [9.17, 15) is 17.6 Å². The lowest BCUT2D eigenvalue weighted by atomic mass is 9.89. The molecular weight excluding hydrogens is 590 g/mol. The van der Waals surface area contributed by atoms with Crippen molar-refractivity contribution < 1.29 is 22.0 Å². The molecule has 1 amide bonds. The number of furan rings is 1. The van der Waals surface area contributed by atoms with Gasteiger partial charge in [-0.2, -0.15) is 0 Å². The molecule has 1 aliphatic heterocycles. The number of hydrogen-bond donors (Lipinski definition) is 2. The van der Waals surface area contributed by atoms with Gasteiger partial charge in [0.15, 0.2) is 0 Å². The Morgan fingerprint density at radius 2 is 2.00 bits per heavy atom. The van der Waals surface area contributed by atoms with Gasteiger partial charge in [-0.15, -0.1) is 0 Å². The fourth-order valence-electron chi connectivity index (χ4n) is 5.37. The first-order valence-corrected chi connectivity index (χ1v) is 17.0. The Morgan fingerprint density at radius 3 is 2.60 bits per heavy atom. The van der Waals surface area contributed by atoms with E-state index in [2.05, 4.69) is 10.3 Å². The van der Waals surface area contributed by atoms with Gasteiger partial charge in [0.2, 0.25) is 10.0 Å². The third-order valence-electron chi connectivity index (χ3n) is 7.65. The molecule has 2 N–H and O–H groups in total. The van der Waals surface area contributed by atoms with Crippen molar-refractivity contribution in [2.75, 3.05) is 44.3 Å². The number of benzene rings is 2. The molecule has 4 rings (SSSR count). The predicted octanol–water partition coefficient (Wildman–Crippen LogP) is 5.96. The molecule has 2 atom stereocenters. The summed E-state index contributed by atoms with van der Waals surface area (Å²) in [5.41, 5.74) is 3.19. The highest BCUT2D eigenvalue weighted by molar-refractivity contribution is 7.99. The van der Waals surface area contributed by atoms with Crippen LogP contribution in [0.25, 0.3) is 22.3 Å². The highest BCUT2D eigenvalue weighted by Crippen LogP contribution is 2.42. The lowest BCUT2D eigenvalue weighted by molar-refractivity contribution is 0.0964. The molecule has 0 spiro atoms. The minimum absolute atomic E-state index is 0.0285. The van der Waals surface area contributed by atoms with Gasteiger partial charge in [0.05, 0.1) is 11.3 Å². The van der Waals surface area contributed by atoms with Crippen molar-refractivity contribution in [2.24, 2.45) is 10.9 Å². The van der Waals surface area contributed by atoms with Crippen LogP contribution in [0.5, 0.6) is 0 Å². The molecule has 43 heavy (non-hydrogen) atoms. The van der Waals surface area contributed by atoms with E-state index in [0.29, 0.717) is 47.4 Å². The summed E-state index contributed by atoms with van der Waals surface area (Å²) in [4.78, 5) is 17.5. The van der Waals surface area contributed by atoms with Crippen LogP contribution in [0.3, 0.4) is 0 Å². The maximum atomic E-state index is 13.8. The smallest absolute Gasteiger partial charge is 0.255 e. The van der Waals surface area contributed by atoms with E-state index in [1.165, 1.54) is 41.5 Å². The molecule has 2 unspecified atom stereocenters. The summed E-state index contributed by atoms with van der Waals surface area (Å²) in [5.74, 6) is -0.289. The molecule has 12 heteroatoms. The second kappa shape index (κ2) is 13.6. The summed E-state index contributed by atoms with van der Waals surface area (Å²) in [5, 5.41) is 10.4. The molecule has 1 saturated heterocycles. The molecule has 0 saturated carbocycles. The maximum absolute atomic E-state index is 13.8. The summed E-state index contributed by atoms with van der Waals surface area (Å²) < 4.78 is 51.1. The summed E-state index contributed by atoms with van der Waals surface area (Å²) in [6, 6.07) is 9.61. The van der Waals surface area contributed by atoms with Crippen LogP contribution in [0.4, 0.5) is 10.1 Å². The average molecular weight is 630 g/mol. The van der Waals surface area contributed by atoms with Gasteiger partial charge in [-0.1, -0.05) is 25.8 Å². The zero-order valence-electron chi connectivity index (χ0n) is 25.5. The van der Waals surface area contributed by atoms with Crippen LogP contribution in [0.2, 0.25) is 0 Å². The minimum Gasteiger partial charge on any atom is -0.455 e. The first-order chi connectivity index (χ1) is 20.4. The fourth-order valence-corrected chi connectivity index (χ4v) is 7.50. The van der Waals surface area contributed by atoms with Gasteiger partial charge in [-0.25, -0.2) is 17.1 Å². The van der Waals surface area contributed by atoms with Crippen molar-refractivity contribution in [3.05, 3.63) is 53.3 Å². The molecule has 232 valence electrons. The van der Waals surface area contributed by atoms with E-state index in [1.807, 2.05) is 43.6 Å².